The van der Waals surface area contributed by atoms with Gasteiger partial charge in [0.25, 0.3) is 0 Å². The van der Waals surface area contributed by atoms with Crippen LogP contribution in [-0.4, -0.2) is 22.5 Å². The maximum absolute atomic E-state index is 11.1. The Morgan fingerprint density at radius 1 is 1.43 bits per heavy atom. The number of nitrogens with zero attached hydrogens (tertiary/aromatic N) is 1. The molecule has 0 aromatic carbocycles. The highest BCUT2D eigenvalue weighted by molar-refractivity contribution is 6.36. The number of carbonyl (C=O) groups excluding carboxylic acids is 2. The third-order valence-electron chi connectivity index (χ3n) is 2.73. The van der Waals surface area contributed by atoms with Crippen LogP contribution < -0.4 is 0 Å². The summed E-state index contributed by atoms with van der Waals surface area (Å²) in [4.78, 5) is 32.0. The van der Waals surface area contributed by atoms with Crippen LogP contribution in [0.3, 0.4) is 0 Å². The molecule has 0 spiro atoms. The van der Waals surface area contributed by atoms with Gasteiger partial charge in [0.2, 0.25) is 6.04 Å². The smallest absolute Gasteiger partial charge is 0.216 e. The van der Waals surface area contributed by atoms with Crippen LogP contribution in [0.5, 0.6) is 0 Å². The Morgan fingerprint density at radius 2 is 2.07 bits per heavy atom. The van der Waals surface area contributed by atoms with Gasteiger partial charge in [0.05, 0.1) is 0 Å². The minimum atomic E-state index is -0.627. The van der Waals surface area contributed by atoms with Gasteiger partial charge in [0.1, 0.15) is 0 Å². The van der Waals surface area contributed by atoms with Crippen molar-refractivity contribution >= 4 is 11.6 Å². The molecular weight excluding hydrogens is 186 g/mol. The molecule has 0 aromatic rings. The van der Waals surface area contributed by atoms with E-state index >= 15 is 0 Å². The zero-order valence-electron chi connectivity index (χ0n) is 8.06. The van der Waals surface area contributed by atoms with Crippen LogP contribution in [0, 0.1) is 16.0 Å². The van der Waals surface area contributed by atoms with Gasteiger partial charge in [-0.05, 0) is 12.8 Å². The molecule has 0 amide bonds. The number of hydrogen-bond acceptors (Lipinski definition) is 4. The Hall–Kier alpha value is -1.26. The number of hydrogen-bond donors (Lipinski definition) is 0. The van der Waals surface area contributed by atoms with E-state index in [-0.39, 0.29) is 17.3 Å². The monoisotopic (exact) mass is 199 g/mol. The standard InChI is InChI=1S/C9H13NO4/c1-6(11)9(12)5-7-3-2-4-8(7)10(13)14/h7-8H,2-5H2,1H3. The molecule has 0 aromatic heterocycles. The number of nitro groups is 1. The molecule has 0 aliphatic heterocycles. The molecule has 0 N–H and O–H groups in total. The second-order valence-electron chi connectivity index (χ2n) is 3.73. The van der Waals surface area contributed by atoms with E-state index in [1.165, 1.54) is 6.92 Å². The molecule has 2 atom stereocenters. The lowest BCUT2D eigenvalue weighted by atomic mass is 9.96. The minimum Gasteiger partial charge on any atom is -0.291 e. The van der Waals surface area contributed by atoms with Crippen LogP contribution in [0.2, 0.25) is 0 Å². The van der Waals surface area contributed by atoms with Gasteiger partial charge in [-0.2, -0.15) is 0 Å². The molecule has 78 valence electrons. The molecule has 0 radical (unpaired) electrons. The maximum Gasteiger partial charge on any atom is 0.216 e. The molecule has 1 aliphatic carbocycles. The molecule has 5 nitrogen and oxygen atoms in total. The van der Waals surface area contributed by atoms with E-state index in [9.17, 15) is 19.7 Å². The van der Waals surface area contributed by atoms with Gasteiger partial charge in [-0.25, -0.2) is 0 Å². The average molecular weight is 199 g/mol. The maximum atomic E-state index is 11.1. The van der Waals surface area contributed by atoms with E-state index in [0.717, 1.165) is 6.42 Å². The van der Waals surface area contributed by atoms with Crippen molar-refractivity contribution in [1.29, 1.82) is 0 Å². The molecule has 14 heavy (non-hydrogen) atoms. The largest absolute Gasteiger partial charge is 0.291 e. The number of rotatable bonds is 4. The van der Waals surface area contributed by atoms with Gasteiger partial charge in [-0.1, -0.05) is 0 Å². The van der Waals surface area contributed by atoms with Gasteiger partial charge >= 0.3 is 0 Å². The highest BCUT2D eigenvalue weighted by atomic mass is 16.6. The molecule has 0 heterocycles. The molecule has 0 saturated heterocycles. The van der Waals surface area contributed by atoms with Crippen LogP contribution in [0.25, 0.3) is 0 Å². The Kier molecular flexibility index (Phi) is 3.33. The summed E-state index contributed by atoms with van der Waals surface area (Å²) in [5.41, 5.74) is 0. The van der Waals surface area contributed by atoms with Crippen molar-refractivity contribution in [3.05, 3.63) is 10.1 Å². The summed E-state index contributed by atoms with van der Waals surface area (Å²) in [7, 11) is 0. The Labute approximate surface area is 81.6 Å². The molecule has 1 rings (SSSR count). The van der Waals surface area contributed by atoms with E-state index in [1.54, 1.807) is 0 Å². The fourth-order valence-electron chi connectivity index (χ4n) is 1.91. The van der Waals surface area contributed by atoms with E-state index in [0.29, 0.717) is 12.8 Å². The summed E-state index contributed by atoms with van der Waals surface area (Å²) in [5, 5.41) is 10.6. The fourth-order valence-corrected chi connectivity index (χ4v) is 1.91. The molecule has 5 heteroatoms. The van der Waals surface area contributed by atoms with Gasteiger partial charge < -0.3 is 0 Å². The van der Waals surface area contributed by atoms with Crippen molar-refractivity contribution < 1.29 is 14.5 Å². The van der Waals surface area contributed by atoms with Crippen LogP contribution in [0.4, 0.5) is 0 Å². The summed E-state index contributed by atoms with van der Waals surface area (Å²) < 4.78 is 0. The third-order valence-corrected chi connectivity index (χ3v) is 2.73. The lowest BCUT2D eigenvalue weighted by Crippen LogP contribution is -2.27. The topological polar surface area (TPSA) is 77.3 Å². The zero-order chi connectivity index (χ0) is 10.7. The van der Waals surface area contributed by atoms with Gasteiger partial charge in [0, 0.05) is 30.6 Å². The van der Waals surface area contributed by atoms with Gasteiger partial charge in [0.15, 0.2) is 11.6 Å². The zero-order valence-corrected chi connectivity index (χ0v) is 8.06. The summed E-state index contributed by atoms with van der Waals surface area (Å²) >= 11 is 0. The second kappa shape index (κ2) is 4.30. The first-order chi connectivity index (χ1) is 6.52. The fraction of sp³-hybridized carbons (Fsp3) is 0.778. The highest BCUT2D eigenvalue weighted by Crippen LogP contribution is 2.30. The predicted molar refractivity (Wildman–Crippen MR) is 48.4 cm³/mol. The lowest BCUT2D eigenvalue weighted by molar-refractivity contribution is -0.528. The SMILES string of the molecule is CC(=O)C(=O)CC1CCCC1[N+](=O)[O-]. The van der Waals surface area contributed by atoms with Crippen LogP contribution >= 0.6 is 0 Å². The first kappa shape index (κ1) is 10.8. The summed E-state index contributed by atoms with van der Waals surface area (Å²) in [5.74, 6) is -1.22. The summed E-state index contributed by atoms with van der Waals surface area (Å²) in [6.45, 7) is 1.21. The number of carbonyl (C=O) groups is 2. The Bertz CT molecular complexity index is 274. The molecule has 1 fully saturated rings. The quantitative estimate of drug-likeness (QED) is 0.384. The van der Waals surface area contributed by atoms with E-state index in [1.807, 2.05) is 0 Å². The first-order valence-corrected chi connectivity index (χ1v) is 4.69. The Morgan fingerprint density at radius 3 is 2.57 bits per heavy atom. The van der Waals surface area contributed by atoms with Gasteiger partial charge in [-0.3, -0.25) is 19.7 Å². The van der Waals surface area contributed by atoms with E-state index in [2.05, 4.69) is 0 Å². The van der Waals surface area contributed by atoms with Crippen molar-refractivity contribution in [2.45, 2.75) is 38.6 Å². The number of ketones is 2. The highest BCUT2D eigenvalue weighted by Gasteiger charge is 2.37. The average Bonchev–Trinajstić information content (AvgIpc) is 2.52. The Balaban J connectivity index is 2.56. The second-order valence-corrected chi connectivity index (χ2v) is 3.73. The molecular formula is C9H13NO4. The van der Waals surface area contributed by atoms with E-state index in [4.69, 9.17) is 0 Å². The van der Waals surface area contributed by atoms with Crippen LogP contribution in [0.1, 0.15) is 32.6 Å². The van der Waals surface area contributed by atoms with Gasteiger partial charge in [-0.15, -0.1) is 0 Å². The van der Waals surface area contributed by atoms with Crippen molar-refractivity contribution in [2.24, 2.45) is 5.92 Å². The van der Waals surface area contributed by atoms with Crippen LogP contribution in [-0.2, 0) is 9.59 Å². The lowest BCUT2D eigenvalue weighted by Gasteiger charge is -2.10. The van der Waals surface area contributed by atoms with Crippen molar-refractivity contribution in [3.63, 3.8) is 0 Å². The van der Waals surface area contributed by atoms with E-state index < -0.39 is 17.6 Å². The first-order valence-electron chi connectivity index (χ1n) is 4.69. The molecule has 1 saturated carbocycles. The molecule has 2 unspecified atom stereocenters. The van der Waals surface area contributed by atoms with Crippen LogP contribution in [0.15, 0.2) is 0 Å². The summed E-state index contributed by atoms with van der Waals surface area (Å²) in [6.07, 6.45) is 2.04. The molecule has 0 bridgehead atoms. The van der Waals surface area contributed by atoms with Crippen molar-refractivity contribution in [2.75, 3.05) is 0 Å². The predicted octanol–water partition coefficient (Wildman–Crippen LogP) is 0.980. The van der Waals surface area contributed by atoms with Crippen molar-refractivity contribution in [3.8, 4) is 0 Å². The van der Waals surface area contributed by atoms with Crippen molar-refractivity contribution in [1.82, 2.24) is 0 Å². The summed E-state index contributed by atoms with van der Waals surface area (Å²) in [6, 6.07) is -0.627. The third kappa shape index (κ3) is 2.37. The minimum absolute atomic E-state index is 0.0426. The molecule has 1 aliphatic rings. The number of Topliss-reactive ketones (excluding diaryl/α,β-unsaturated/α-hetero) is 2. The normalized spacial score (nSPS) is 26.1.